The van der Waals surface area contributed by atoms with Crippen molar-refractivity contribution < 1.29 is 14.6 Å². The zero-order chi connectivity index (χ0) is 14.9. The molecule has 0 heterocycles. The summed E-state index contributed by atoms with van der Waals surface area (Å²) in [5.74, 6) is -0.299. The first-order valence-corrected chi connectivity index (χ1v) is 6.82. The summed E-state index contributed by atoms with van der Waals surface area (Å²) >= 11 is 9.35. The van der Waals surface area contributed by atoms with E-state index in [1.54, 1.807) is 31.2 Å². The molecule has 0 aliphatic heterocycles. The van der Waals surface area contributed by atoms with E-state index in [2.05, 4.69) is 15.9 Å². The molecule has 104 valence electrons. The van der Waals surface area contributed by atoms with Crippen LogP contribution in [0, 0.1) is 6.92 Å². The van der Waals surface area contributed by atoms with Gasteiger partial charge in [0.15, 0.2) is 0 Å². The van der Waals surface area contributed by atoms with E-state index in [1.165, 1.54) is 6.07 Å². The van der Waals surface area contributed by atoms with Gasteiger partial charge in [-0.2, -0.15) is 0 Å². The largest absolute Gasteiger partial charge is 0.478 e. The Balaban J connectivity index is 2.44. The van der Waals surface area contributed by atoms with Crippen LogP contribution < -0.4 is 10.5 Å². The maximum Gasteiger partial charge on any atom is 0.337 e. The topological polar surface area (TPSA) is 72.5 Å². The van der Waals surface area contributed by atoms with E-state index in [9.17, 15) is 4.79 Å². The van der Waals surface area contributed by atoms with Crippen LogP contribution in [0.15, 0.2) is 34.8 Å². The van der Waals surface area contributed by atoms with Gasteiger partial charge >= 0.3 is 5.97 Å². The Labute approximate surface area is 129 Å². The number of nitrogens with two attached hydrogens (primary N) is 1. The van der Waals surface area contributed by atoms with E-state index in [0.29, 0.717) is 22.1 Å². The monoisotopic (exact) mass is 355 g/mol. The molecule has 2 aromatic rings. The highest BCUT2D eigenvalue weighted by atomic mass is 79.9. The van der Waals surface area contributed by atoms with Crippen LogP contribution in [0.2, 0.25) is 5.02 Å². The third-order valence-corrected chi connectivity index (χ3v) is 3.52. The summed E-state index contributed by atoms with van der Waals surface area (Å²) in [4.78, 5) is 11.1. The van der Waals surface area contributed by atoms with E-state index in [1.807, 2.05) is 0 Å². The summed E-state index contributed by atoms with van der Waals surface area (Å²) in [6, 6.07) is 8.21. The lowest BCUT2D eigenvalue weighted by Gasteiger charge is -2.11. The molecule has 0 fully saturated rings. The SMILES string of the molecule is Cc1cc(Oc2cc(Br)ccc2Cl)cc(C(=O)O)c1N. The highest BCUT2D eigenvalue weighted by molar-refractivity contribution is 9.10. The molecule has 0 radical (unpaired) electrons. The molecule has 6 heteroatoms. The molecule has 20 heavy (non-hydrogen) atoms. The van der Waals surface area contributed by atoms with Crippen molar-refractivity contribution in [3.63, 3.8) is 0 Å². The molecule has 2 aromatic carbocycles. The standard InChI is InChI=1S/C14H11BrClNO3/c1-7-4-9(6-10(13(7)17)14(18)19)20-12-5-8(15)2-3-11(12)16/h2-6H,17H2,1H3,(H,18,19). The second kappa shape index (κ2) is 5.73. The summed E-state index contributed by atoms with van der Waals surface area (Å²) in [6.07, 6.45) is 0. The summed E-state index contributed by atoms with van der Waals surface area (Å²) < 4.78 is 6.44. The van der Waals surface area contributed by atoms with Crippen molar-refractivity contribution in [2.45, 2.75) is 6.92 Å². The molecule has 0 aliphatic carbocycles. The van der Waals surface area contributed by atoms with Gasteiger partial charge in [0.25, 0.3) is 0 Å². The molecular formula is C14H11BrClNO3. The summed E-state index contributed by atoms with van der Waals surface area (Å²) in [6.45, 7) is 1.72. The molecule has 0 saturated heterocycles. The number of anilines is 1. The Hall–Kier alpha value is -1.72. The first-order valence-electron chi connectivity index (χ1n) is 5.65. The highest BCUT2D eigenvalue weighted by Crippen LogP contribution is 2.34. The normalized spacial score (nSPS) is 10.3. The third kappa shape index (κ3) is 3.05. The fraction of sp³-hybridized carbons (Fsp3) is 0.0714. The first-order chi connectivity index (χ1) is 9.38. The minimum absolute atomic E-state index is 0.00567. The van der Waals surface area contributed by atoms with Gasteiger partial charge in [0.05, 0.1) is 10.6 Å². The number of hydrogen-bond acceptors (Lipinski definition) is 3. The van der Waals surface area contributed by atoms with Gasteiger partial charge in [0.1, 0.15) is 11.5 Å². The Morgan fingerprint density at radius 2 is 2.05 bits per heavy atom. The molecule has 0 amide bonds. The van der Waals surface area contributed by atoms with Crippen LogP contribution in [0.3, 0.4) is 0 Å². The Morgan fingerprint density at radius 1 is 1.35 bits per heavy atom. The number of halogens is 2. The predicted octanol–water partition coefficient (Wildman–Crippen LogP) is 4.48. The Morgan fingerprint density at radius 3 is 2.70 bits per heavy atom. The van der Waals surface area contributed by atoms with Gasteiger partial charge in [-0.05, 0) is 42.8 Å². The molecule has 0 unspecified atom stereocenters. The van der Waals surface area contributed by atoms with Crippen molar-refractivity contribution in [3.05, 3.63) is 51.0 Å². The van der Waals surface area contributed by atoms with Gasteiger partial charge in [0.2, 0.25) is 0 Å². The second-order valence-electron chi connectivity index (χ2n) is 4.18. The van der Waals surface area contributed by atoms with Crippen LogP contribution in [0.4, 0.5) is 5.69 Å². The van der Waals surface area contributed by atoms with Gasteiger partial charge in [0, 0.05) is 10.2 Å². The molecule has 0 atom stereocenters. The van der Waals surface area contributed by atoms with Crippen LogP contribution in [-0.4, -0.2) is 11.1 Å². The van der Waals surface area contributed by atoms with Crippen LogP contribution in [0.1, 0.15) is 15.9 Å². The first kappa shape index (κ1) is 14.7. The lowest BCUT2D eigenvalue weighted by Crippen LogP contribution is -2.04. The van der Waals surface area contributed by atoms with Crippen LogP contribution in [0.25, 0.3) is 0 Å². The number of rotatable bonds is 3. The van der Waals surface area contributed by atoms with Crippen molar-refractivity contribution in [1.29, 1.82) is 0 Å². The van der Waals surface area contributed by atoms with Crippen molar-refractivity contribution in [2.75, 3.05) is 5.73 Å². The van der Waals surface area contributed by atoms with Gasteiger partial charge in [-0.25, -0.2) is 4.79 Å². The third-order valence-electron chi connectivity index (χ3n) is 2.71. The number of carbonyl (C=O) groups is 1. The summed E-state index contributed by atoms with van der Waals surface area (Å²) in [5, 5.41) is 9.54. The average Bonchev–Trinajstić information content (AvgIpc) is 2.37. The Bertz CT molecular complexity index is 688. The van der Waals surface area contributed by atoms with Crippen molar-refractivity contribution in [3.8, 4) is 11.5 Å². The van der Waals surface area contributed by atoms with Gasteiger partial charge in [-0.1, -0.05) is 27.5 Å². The van der Waals surface area contributed by atoms with Crippen molar-refractivity contribution in [2.24, 2.45) is 0 Å². The number of aryl methyl sites for hydroxylation is 1. The Kier molecular flexibility index (Phi) is 4.20. The molecule has 3 N–H and O–H groups in total. The van der Waals surface area contributed by atoms with Crippen molar-refractivity contribution >= 4 is 39.2 Å². The van der Waals surface area contributed by atoms with Crippen LogP contribution in [0.5, 0.6) is 11.5 Å². The van der Waals surface area contributed by atoms with E-state index in [4.69, 9.17) is 27.2 Å². The van der Waals surface area contributed by atoms with Gasteiger partial charge < -0.3 is 15.6 Å². The number of nitrogen functional groups attached to an aromatic ring is 1. The lowest BCUT2D eigenvalue weighted by atomic mass is 10.1. The van der Waals surface area contributed by atoms with Crippen molar-refractivity contribution in [1.82, 2.24) is 0 Å². The number of carboxylic acids is 1. The van der Waals surface area contributed by atoms with Gasteiger partial charge in [-0.15, -0.1) is 0 Å². The number of carboxylic acid groups (broad SMARTS) is 1. The molecule has 4 nitrogen and oxygen atoms in total. The van der Waals surface area contributed by atoms with Gasteiger partial charge in [-0.3, -0.25) is 0 Å². The highest BCUT2D eigenvalue weighted by Gasteiger charge is 2.13. The number of benzene rings is 2. The zero-order valence-corrected chi connectivity index (χ0v) is 12.8. The smallest absolute Gasteiger partial charge is 0.337 e. The minimum Gasteiger partial charge on any atom is -0.478 e. The molecule has 0 saturated carbocycles. The maximum atomic E-state index is 11.1. The average molecular weight is 357 g/mol. The molecule has 0 bridgehead atoms. The fourth-order valence-corrected chi connectivity index (χ4v) is 2.18. The second-order valence-corrected chi connectivity index (χ2v) is 5.51. The molecule has 0 aliphatic rings. The number of aromatic carboxylic acids is 1. The van der Waals surface area contributed by atoms with E-state index in [0.717, 1.165) is 4.47 Å². The number of ether oxygens (including phenoxy) is 1. The van der Waals surface area contributed by atoms with Crippen LogP contribution >= 0.6 is 27.5 Å². The van der Waals surface area contributed by atoms with Crippen LogP contribution in [-0.2, 0) is 0 Å². The van der Waals surface area contributed by atoms with E-state index >= 15 is 0 Å². The maximum absolute atomic E-state index is 11.1. The molecule has 0 aromatic heterocycles. The zero-order valence-electron chi connectivity index (χ0n) is 10.5. The fourth-order valence-electron chi connectivity index (χ4n) is 1.68. The number of hydrogen-bond donors (Lipinski definition) is 2. The van der Waals surface area contributed by atoms with E-state index in [-0.39, 0.29) is 11.3 Å². The summed E-state index contributed by atoms with van der Waals surface area (Å²) in [5.41, 5.74) is 6.59. The predicted molar refractivity (Wildman–Crippen MR) is 81.8 cm³/mol. The lowest BCUT2D eigenvalue weighted by molar-refractivity contribution is 0.0697. The quantitative estimate of drug-likeness (QED) is 0.795. The molecular weight excluding hydrogens is 346 g/mol. The molecule has 2 rings (SSSR count). The minimum atomic E-state index is -1.10. The molecule has 0 spiro atoms. The summed E-state index contributed by atoms with van der Waals surface area (Å²) in [7, 11) is 0. The van der Waals surface area contributed by atoms with E-state index < -0.39 is 5.97 Å².